The minimum Gasteiger partial charge on any atom is -0.384 e. The predicted octanol–water partition coefficient (Wildman–Crippen LogP) is 3.81. The molecule has 2 N–H and O–H groups in total. The molecular weight excluding hydrogens is 246 g/mol. The maximum atomic E-state index is 4.73. The van der Waals surface area contributed by atoms with Crippen molar-refractivity contribution in [2.75, 3.05) is 11.9 Å². The Labute approximate surface area is 118 Å². The fourth-order valence-corrected chi connectivity index (χ4v) is 2.84. The lowest BCUT2D eigenvalue weighted by Gasteiger charge is -2.02. The van der Waals surface area contributed by atoms with Crippen molar-refractivity contribution in [2.24, 2.45) is 0 Å². The predicted molar refractivity (Wildman–Crippen MR) is 83.2 cm³/mol. The zero-order valence-electron chi connectivity index (χ0n) is 11.7. The molecule has 2 aromatic carbocycles. The molecule has 2 heterocycles. The summed E-state index contributed by atoms with van der Waals surface area (Å²) in [5.74, 6) is 0.946. The summed E-state index contributed by atoms with van der Waals surface area (Å²) in [6.07, 6.45) is 1.12. The molecule has 3 nitrogen and oxygen atoms in total. The number of benzene rings is 2. The second kappa shape index (κ2) is 4.10. The van der Waals surface area contributed by atoms with Gasteiger partial charge in [-0.25, -0.2) is 4.98 Å². The number of aryl methyl sites for hydroxylation is 2. The summed E-state index contributed by atoms with van der Waals surface area (Å²) < 4.78 is 0. The van der Waals surface area contributed by atoms with Crippen LogP contribution in [-0.4, -0.2) is 16.5 Å². The van der Waals surface area contributed by atoms with Crippen LogP contribution in [-0.2, 0) is 6.42 Å². The normalized spacial score (nSPS) is 13.5. The van der Waals surface area contributed by atoms with Gasteiger partial charge in [-0.15, -0.1) is 0 Å². The minimum atomic E-state index is 0.946. The van der Waals surface area contributed by atoms with Gasteiger partial charge >= 0.3 is 0 Å². The average molecular weight is 263 g/mol. The third-order valence-electron chi connectivity index (χ3n) is 4.19. The smallest absolute Gasteiger partial charge is 0.138 e. The van der Waals surface area contributed by atoms with Crippen molar-refractivity contribution in [1.82, 2.24) is 9.97 Å². The standard InChI is InChI=1S/C17H17N3/c1-10-7-15-16(8-11(10)2)20-17(19-15)13-4-3-12-5-6-18-14(12)9-13/h3-4,7-9,18H,5-6H2,1-2H3,(H,19,20). The summed E-state index contributed by atoms with van der Waals surface area (Å²) in [7, 11) is 0. The average Bonchev–Trinajstić information content (AvgIpc) is 3.04. The zero-order chi connectivity index (χ0) is 13.7. The van der Waals surface area contributed by atoms with Gasteiger partial charge < -0.3 is 10.3 Å². The molecule has 0 saturated heterocycles. The van der Waals surface area contributed by atoms with Gasteiger partial charge in [0.05, 0.1) is 11.0 Å². The van der Waals surface area contributed by atoms with E-state index in [1.165, 1.54) is 22.4 Å². The van der Waals surface area contributed by atoms with Crippen molar-refractivity contribution in [3.8, 4) is 11.4 Å². The zero-order valence-corrected chi connectivity index (χ0v) is 11.7. The lowest BCUT2D eigenvalue weighted by Crippen LogP contribution is -1.91. The highest BCUT2D eigenvalue weighted by molar-refractivity contribution is 5.81. The summed E-state index contributed by atoms with van der Waals surface area (Å²) in [6.45, 7) is 5.30. The van der Waals surface area contributed by atoms with Gasteiger partial charge in [-0.05, 0) is 55.2 Å². The van der Waals surface area contributed by atoms with Crippen molar-refractivity contribution in [2.45, 2.75) is 20.3 Å². The molecule has 3 aromatic rings. The summed E-state index contributed by atoms with van der Waals surface area (Å²) in [4.78, 5) is 8.16. The van der Waals surface area contributed by atoms with Crippen LogP contribution in [0.5, 0.6) is 0 Å². The van der Waals surface area contributed by atoms with Gasteiger partial charge in [0.15, 0.2) is 0 Å². The number of hydrogen-bond acceptors (Lipinski definition) is 2. The largest absolute Gasteiger partial charge is 0.384 e. The molecule has 4 rings (SSSR count). The van der Waals surface area contributed by atoms with E-state index in [0.29, 0.717) is 0 Å². The number of nitrogens with one attached hydrogen (secondary N) is 2. The first-order chi connectivity index (χ1) is 9.70. The number of H-pyrrole nitrogens is 1. The molecular formula is C17H17N3. The van der Waals surface area contributed by atoms with E-state index < -0.39 is 0 Å². The van der Waals surface area contributed by atoms with E-state index in [1.54, 1.807) is 0 Å². The van der Waals surface area contributed by atoms with Crippen molar-refractivity contribution in [3.63, 3.8) is 0 Å². The molecule has 20 heavy (non-hydrogen) atoms. The van der Waals surface area contributed by atoms with E-state index in [0.717, 1.165) is 35.4 Å². The van der Waals surface area contributed by atoms with Crippen LogP contribution in [0.4, 0.5) is 5.69 Å². The van der Waals surface area contributed by atoms with E-state index in [1.807, 2.05) is 0 Å². The molecule has 0 aliphatic carbocycles. The van der Waals surface area contributed by atoms with Crippen LogP contribution >= 0.6 is 0 Å². The van der Waals surface area contributed by atoms with Gasteiger partial charge in [-0.1, -0.05) is 12.1 Å². The molecule has 1 aliphatic heterocycles. The van der Waals surface area contributed by atoms with Gasteiger partial charge in [-0.3, -0.25) is 0 Å². The monoisotopic (exact) mass is 263 g/mol. The van der Waals surface area contributed by atoms with E-state index in [9.17, 15) is 0 Å². The number of aromatic amines is 1. The number of anilines is 1. The highest BCUT2D eigenvalue weighted by Crippen LogP contribution is 2.29. The van der Waals surface area contributed by atoms with Crippen LogP contribution in [0.15, 0.2) is 30.3 Å². The highest BCUT2D eigenvalue weighted by atomic mass is 14.9. The van der Waals surface area contributed by atoms with Gasteiger partial charge in [0, 0.05) is 17.8 Å². The number of aromatic nitrogens is 2. The van der Waals surface area contributed by atoms with Crippen molar-refractivity contribution in [1.29, 1.82) is 0 Å². The second-order valence-electron chi connectivity index (χ2n) is 5.59. The fourth-order valence-electron chi connectivity index (χ4n) is 2.84. The summed E-state index contributed by atoms with van der Waals surface area (Å²) >= 11 is 0. The Balaban J connectivity index is 1.86. The number of rotatable bonds is 1. The van der Waals surface area contributed by atoms with Crippen LogP contribution in [0, 0.1) is 13.8 Å². The molecule has 0 spiro atoms. The number of imidazole rings is 1. The lowest BCUT2D eigenvalue weighted by atomic mass is 10.1. The Morgan fingerprint density at radius 3 is 2.80 bits per heavy atom. The Morgan fingerprint density at radius 2 is 1.90 bits per heavy atom. The van der Waals surface area contributed by atoms with Crippen molar-refractivity contribution < 1.29 is 0 Å². The highest BCUT2D eigenvalue weighted by Gasteiger charge is 2.12. The van der Waals surface area contributed by atoms with Crippen LogP contribution < -0.4 is 5.32 Å². The Morgan fingerprint density at radius 1 is 1.05 bits per heavy atom. The minimum absolute atomic E-state index is 0.946. The SMILES string of the molecule is Cc1cc2nc(-c3ccc4c(c3)NCC4)[nH]c2cc1C. The maximum absolute atomic E-state index is 4.73. The molecule has 0 radical (unpaired) electrons. The molecule has 1 aromatic heterocycles. The number of hydrogen-bond donors (Lipinski definition) is 2. The van der Waals surface area contributed by atoms with Crippen LogP contribution in [0.1, 0.15) is 16.7 Å². The number of fused-ring (bicyclic) bond motifs is 2. The molecule has 0 atom stereocenters. The summed E-state index contributed by atoms with van der Waals surface area (Å²) in [5.41, 5.74) is 8.51. The first kappa shape index (κ1) is 11.5. The Bertz CT molecular complexity index is 775. The first-order valence-electron chi connectivity index (χ1n) is 7.05. The molecule has 3 heteroatoms. The molecule has 100 valence electrons. The van der Waals surface area contributed by atoms with E-state index in [4.69, 9.17) is 4.98 Å². The summed E-state index contributed by atoms with van der Waals surface area (Å²) in [6, 6.07) is 10.9. The van der Waals surface area contributed by atoms with E-state index >= 15 is 0 Å². The topological polar surface area (TPSA) is 40.7 Å². The van der Waals surface area contributed by atoms with Gasteiger partial charge in [-0.2, -0.15) is 0 Å². The molecule has 0 amide bonds. The Kier molecular flexibility index (Phi) is 2.36. The van der Waals surface area contributed by atoms with Gasteiger partial charge in [0.1, 0.15) is 5.82 Å². The van der Waals surface area contributed by atoms with Crippen molar-refractivity contribution in [3.05, 3.63) is 47.0 Å². The third-order valence-corrected chi connectivity index (χ3v) is 4.19. The Hall–Kier alpha value is -2.29. The van der Waals surface area contributed by atoms with Crippen molar-refractivity contribution >= 4 is 16.7 Å². The maximum Gasteiger partial charge on any atom is 0.138 e. The molecule has 0 unspecified atom stereocenters. The quantitative estimate of drug-likeness (QED) is 0.701. The molecule has 1 aliphatic rings. The summed E-state index contributed by atoms with van der Waals surface area (Å²) in [5, 5.41) is 3.42. The molecule has 0 fully saturated rings. The second-order valence-corrected chi connectivity index (χ2v) is 5.59. The number of nitrogens with zero attached hydrogens (tertiary/aromatic N) is 1. The van der Waals surface area contributed by atoms with E-state index in [-0.39, 0.29) is 0 Å². The lowest BCUT2D eigenvalue weighted by molar-refractivity contribution is 1.11. The first-order valence-corrected chi connectivity index (χ1v) is 7.05. The van der Waals surface area contributed by atoms with E-state index in [2.05, 4.69) is 54.5 Å². The molecule has 0 saturated carbocycles. The molecule has 0 bridgehead atoms. The van der Waals surface area contributed by atoms with Gasteiger partial charge in [0.2, 0.25) is 0 Å². The van der Waals surface area contributed by atoms with Crippen LogP contribution in [0.25, 0.3) is 22.4 Å². The third kappa shape index (κ3) is 1.70. The van der Waals surface area contributed by atoms with Gasteiger partial charge in [0.25, 0.3) is 0 Å². The fraction of sp³-hybridized carbons (Fsp3) is 0.235. The van der Waals surface area contributed by atoms with Crippen LogP contribution in [0.2, 0.25) is 0 Å². The van der Waals surface area contributed by atoms with Crippen LogP contribution in [0.3, 0.4) is 0 Å².